The molecule has 0 radical (unpaired) electrons. The molecule has 7 nitrogen and oxygen atoms in total. The highest BCUT2D eigenvalue weighted by Gasteiger charge is 2.16. The summed E-state index contributed by atoms with van der Waals surface area (Å²) in [5.74, 6) is -0.856. The van der Waals surface area contributed by atoms with Gasteiger partial charge in [-0.3, -0.25) is 4.79 Å². The van der Waals surface area contributed by atoms with Crippen molar-refractivity contribution < 1.29 is 19.4 Å². The van der Waals surface area contributed by atoms with Gasteiger partial charge in [-0.15, -0.1) is 0 Å². The van der Waals surface area contributed by atoms with E-state index in [0.717, 1.165) is 28.2 Å². The molecule has 0 saturated carbocycles. The third-order valence-corrected chi connectivity index (χ3v) is 5.12. The number of phenols is 1. The first-order valence-corrected chi connectivity index (χ1v) is 9.85. The highest BCUT2D eigenvalue weighted by atomic mass is 16.5. The van der Waals surface area contributed by atoms with Gasteiger partial charge in [0.1, 0.15) is 17.4 Å². The molecule has 0 atom stereocenters. The highest BCUT2D eigenvalue weighted by Crippen LogP contribution is 2.26. The summed E-state index contributed by atoms with van der Waals surface area (Å²) in [7, 11) is 1.34. The molecule has 2 N–H and O–H groups in total. The van der Waals surface area contributed by atoms with Crippen LogP contribution in [0.1, 0.15) is 32.9 Å². The van der Waals surface area contributed by atoms with Crippen molar-refractivity contribution in [2.45, 2.75) is 20.8 Å². The number of hydrogen-bond donors (Lipinski definition) is 2. The average Bonchev–Trinajstić information content (AvgIpc) is 3.05. The van der Waals surface area contributed by atoms with Crippen LogP contribution in [0.25, 0.3) is 11.8 Å². The Labute approximate surface area is 186 Å². The van der Waals surface area contributed by atoms with Crippen LogP contribution in [-0.2, 0) is 9.53 Å². The molecule has 0 aliphatic rings. The van der Waals surface area contributed by atoms with Crippen molar-refractivity contribution in [1.29, 1.82) is 5.26 Å². The molecule has 2 aromatic carbocycles. The Morgan fingerprint density at radius 2 is 1.78 bits per heavy atom. The van der Waals surface area contributed by atoms with Gasteiger partial charge in [0.2, 0.25) is 0 Å². The van der Waals surface area contributed by atoms with Crippen LogP contribution in [-0.4, -0.2) is 28.7 Å². The van der Waals surface area contributed by atoms with Crippen molar-refractivity contribution in [2.24, 2.45) is 0 Å². The summed E-state index contributed by atoms with van der Waals surface area (Å²) in [5.41, 5.74) is 5.16. The van der Waals surface area contributed by atoms with E-state index in [0.29, 0.717) is 11.3 Å². The zero-order valence-electron chi connectivity index (χ0n) is 18.3. The number of hydrogen-bond acceptors (Lipinski definition) is 5. The molecule has 0 aliphatic carbocycles. The van der Waals surface area contributed by atoms with E-state index >= 15 is 0 Å². The maximum absolute atomic E-state index is 12.6. The molecule has 3 rings (SSSR count). The van der Waals surface area contributed by atoms with Crippen LogP contribution in [0.3, 0.4) is 0 Å². The number of aryl methyl sites for hydroxylation is 2. The number of nitrogens with one attached hydrogen (secondary N) is 1. The largest absolute Gasteiger partial charge is 0.508 e. The molecule has 1 amide bonds. The number of aromatic nitrogens is 1. The van der Waals surface area contributed by atoms with Crippen LogP contribution >= 0.6 is 0 Å². The van der Waals surface area contributed by atoms with E-state index in [1.807, 2.05) is 43.5 Å². The Bertz CT molecular complexity index is 1260. The smallest absolute Gasteiger partial charge is 0.337 e. The lowest BCUT2D eigenvalue weighted by molar-refractivity contribution is -0.112. The lowest BCUT2D eigenvalue weighted by Gasteiger charge is -2.14. The van der Waals surface area contributed by atoms with Gasteiger partial charge in [-0.05, 0) is 86.5 Å². The standard InChI is InChI=1S/C25H23N3O4/c1-15-11-18(25(31)32-4)5-10-23(15)28-16(2)12-19(17(28)3)13-20(14-26)24(30)27-21-6-8-22(29)9-7-21/h5-13,29H,1-4H3,(H,27,30)/b20-13-. The fraction of sp³-hybridized carbons (Fsp3) is 0.160. The number of carbonyl (C=O) groups is 2. The number of nitrogens with zero attached hydrogens (tertiary/aromatic N) is 2. The minimum Gasteiger partial charge on any atom is -0.508 e. The third kappa shape index (κ3) is 4.55. The Morgan fingerprint density at radius 3 is 2.38 bits per heavy atom. The number of esters is 1. The minimum atomic E-state index is -0.540. The van der Waals surface area contributed by atoms with Crippen molar-refractivity contribution in [3.05, 3.63) is 82.2 Å². The second-order valence-electron chi connectivity index (χ2n) is 7.33. The van der Waals surface area contributed by atoms with E-state index < -0.39 is 11.9 Å². The van der Waals surface area contributed by atoms with E-state index in [2.05, 4.69) is 5.32 Å². The van der Waals surface area contributed by atoms with E-state index in [9.17, 15) is 20.0 Å². The van der Waals surface area contributed by atoms with Crippen molar-refractivity contribution in [3.63, 3.8) is 0 Å². The van der Waals surface area contributed by atoms with Gasteiger partial charge in [-0.1, -0.05) is 0 Å². The van der Waals surface area contributed by atoms with Gasteiger partial charge in [0.15, 0.2) is 0 Å². The third-order valence-electron chi connectivity index (χ3n) is 5.12. The topological polar surface area (TPSA) is 104 Å². The number of methoxy groups -OCH3 is 1. The van der Waals surface area contributed by atoms with E-state index in [1.54, 1.807) is 30.3 Å². The number of aromatic hydroxyl groups is 1. The Hall–Kier alpha value is -4.31. The zero-order valence-corrected chi connectivity index (χ0v) is 18.3. The van der Waals surface area contributed by atoms with Gasteiger partial charge in [-0.25, -0.2) is 4.79 Å². The molecular formula is C25H23N3O4. The predicted molar refractivity (Wildman–Crippen MR) is 122 cm³/mol. The number of anilines is 1. The normalized spacial score (nSPS) is 11.0. The monoisotopic (exact) mass is 429 g/mol. The summed E-state index contributed by atoms with van der Waals surface area (Å²) in [6, 6.07) is 15.2. The molecule has 0 bridgehead atoms. The molecule has 0 aliphatic heterocycles. The van der Waals surface area contributed by atoms with Crippen LogP contribution in [0, 0.1) is 32.1 Å². The molecule has 0 spiro atoms. The van der Waals surface area contributed by atoms with Crippen molar-refractivity contribution in [2.75, 3.05) is 12.4 Å². The summed E-state index contributed by atoms with van der Waals surface area (Å²) in [4.78, 5) is 24.4. The molecule has 1 heterocycles. The van der Waals surface area contributed by atoms with E-state index in [4.69, 9.17) is 4.74 Å². The maximum Gasteiger partial charge on any atom is 0.337 e. The number of ether oxygens (including phenoxy) is 1. The molecule has 0 unspecified atom stereocenters. The SMILES string of the molecule is COC(=O)c1ccc(-n2c(C)cc(/C=C(/C#N)C(=O)Nc3ccc(O)cc3)c2C)c(C)c1. The number of nitriles is 1. The molecular weight excluding hydrogens is 406 g/mol. The van der Waals surface area contributed by atoms with Gasteiger partial charge in [-0.2, -0.15) is 5.26 Å². The number of phenolic OH excluding ortho intramolecular Hbond substituents is 1. The number of rotatable bonds is 5. The summed E-state index contributed by atoms with van der Waals surface area (Å²) in [6.07, 6.45) is 1.55. The molecule has 1 aromatic heterocycles. The van der Waals surface area contributed by atoms with Crippen LogP contribution in [0.4, 0.5) is 5.69 Å². The second kappa shape index (κ2) is 9.23. The highest BCUT2D eigenvalue weighted by molar-refractivity contribution is 6.09. The Balaban J connectivity index is 1.95. The molecule has 0 saturated heterocycles. The summed E-state index contributed by atoms with van der Waals surface area (Å²) in [5, 5.41) is 21.6. The fourth-order valence-corrected chi connectivity index (χ4v) is 3.50. The van der Waals surface area contributed by atoms with Crippen molar-refractivity contribution in [1.82, 2.24) is 4.57 Å². The van der Waals surface area contributed by atoms with Crippen molar-refractivity contribution in [3.8, 4) is 17.5 Å². The van der Waals surface area contributed by atoms with Crippen LogP contribution in [0.2, 0.25) is 0 Å². The molecule has 32 heavy (non-hydrogen) atoms. The van der Waals surface area contributed by atoms with Gasteiger partial charge < -0.3 is 19.7 Å². The quantitative estimate of drug-likeness (QED) is 0.270. The molecule has 0 fully saturated rings. The van der Waals surface area contributed by atoms with Crippen LogP contribution < -0.4 is 5.32 Å². The number of carbonyl (C=O) groups excluding carboxylic acids is 2. The van der Waals surface area contributed by atoms with Crippen LogP contribution in [0.15, 0.2) is 54.1 Å². The summed E-state index contributed by atoms with van der Waals surface area (Å²) < 4.78 is 6.79. The van der Waals surface area contributed by atoms with Gasteiger partial charge in [0.25, 0.3) is 5.91 Å². The predicted octanol–water partition coefficient (Wildman–Crippen LogP) is 4.44. The lowest BCUT2D eigenvalue weighted by atomic mass is 10.1. The summed E-state index contributed by atoms with van der Waals surface area (Å²) in [6.45, 7) is 5.74. The van der Waals surface area contributed by atoms with E-state index in [1.165, 1.54) is 19.2 Å². The lowest BCUT2D eigenvalue weighted by Crippen LogP contribution is -2.13. The molecule has 7 heteroatoms. The second-order valence-corrected chi connectivity index (χ2v) is 7.33. The number of amides is 1. The Morgan fingerprint density at radius 1 is 1.09 bits per heavy atom. The zero-order chi connectivity index (χ0) is 23.4. The maximum atomic E-state index is 12.6. The number of benzene rings is 2. The van der Waals surface area contributed by atoms with E-state index in [-0.39, 0.29) is 11.3 Å². The minimum absolute atomic E-state index is 0.0453. The molecule has 3 aromatic rings. The van der Waals surface area contributed by atoms with Crippen LogP contribution in [0.5, 0.6) is 5.75 Å². The molecule has 162 valence electrons. The first-order chi connectivity index (χ1) is 15.2. The fourth-order valence-electron chi connectivity index (χ4n) is 3.50. The van der Waals surface area contributed by atoms with Gasteiger partial charge in [0.05, 0.1) is 12.7 Å². The Kier molecular flexibility index (Phi) is 6.45. The first-order valence-electron chi connectivity index (χ1n) is 9.85. The average molecular weight is 429 g/mol. The summed E-state index contributed by atoms with van der Waals surface area (Å²) >= 11 is 0. The van der Waals surface area contributed by atoms with Crippen molar-refractivity contribution >= 4 is 23.6 Å². The van der Waals surface area contributed by atoms with Gasteiger partial charge in [0, 0.05) is 22.8 Å². The first kappa shape index (κ1) is 22.4. The van der Waals surface area contributed by atoms with Gasteiger partial charge >= 0.3 is 5.97 Å².